The van der Waals surface area contributed by atoms with Gasteiger partial charge in [0.1, 0.15) is 0 Å². The fraction of sp³-hybridized carbons (Fsp3) is 0.261. The fourth-order valence-electron chi connectivity index (χ4n) is 2.49. The number of hydrogen-bond acceptors (Lipinski definition) is 2. The number of carbonyl (C=O) groups is 1. The lowest BCUT2D eigenvalue weighted by atomic mass is 10.0. The van der Waals surface area contributed by atoms with Crippen LogP contribution in [0.4, 0.5) is 0 Å². The Morgan fingerprint density at radius 1 is 1.12 bits per heavy atom. The number of carboxylic acid groups (broad SMARTS) is 1. The van der Waals surface area contributed by atoms with Crippen molar-refractivity contribution in [2.45, 2.75) is 19.8 Å². The van der Waals surface area contributed by atoms with Crippen molar-refractivity contribution < 1.29 is 9.90 Å². The molecule has 0 fully saturated rings. The molecule has 0 aliphatic carbocycles. The van der Waals surface area contributed by atoms with E-state index in [9.17, 15) is 4.79 Å². The van der Waals surface area contributed by atoms with Gasteiger partial charge in [0.15, 0.2) is 0 Å². The van der Waals surface area contributed by atoms with Crippen molar-refractivity contribution in [3.05, 3.63) is 77.4 Å². The second-order valence-corrected chi connectivity index (χ2v) is 6.60. The number of likely N-dealkylation sites (N-methyl/N-ethyl adjacent to an activating group) is 1. The highest BCUT2D eigenvalue weighted by atomic mass is 16.4. The van der Waals surface area contributed by atoms with Gasteiger partial charge in [-0.1, -0.05) is 74.2 Å². The smallest absolute Gasteiger partial charge is 0.317 e. The SMILES string of the molecule is CC(C)c1ccc(C#C/C(=C/CN(C)CC(=O)O)c2ccccc2)cc1. The van der Waals surface area contributed by atoms with Crippen molar-refractivity contribution in [3.8, 4) is 11.8 Å². The van der Waals surface area contributed by atoms with E-state index >= 15 is 0 Å². The number of carboxylic acids is 1. The summed E-state index contributed by atoms with van der Waals surface area (Å²) in [5, 5.41) is 8.89. The molecule has 0 saturated heterocycles. The standard InChI is InChI=1S/C23H25NO2/c1-18(2)20-12-9-19(10-13-20)11-14-22(21-7-5-4-6-8-21)15-16-24(3)17-23(25)26/h4-10,12-13,15,18H,16-17H2,1-3H3,(H,25,26)/b22-15-. The highest BCUT2D eigenvalue weighted by Gasteiger charge is 2.04. The molecule has 26 heavy (non-hydrogen) atoms. The molecule has 2 aromatic rings. The maximum Gasteiger partial charge on any atom is 0.317 e. The summed E-state index contributed by atoms with van der Waals surface area (Å²) >= 11 is 0. The van der Waals surface area contributed by atoms with Crippen LogP contribution in [0.2, 0.25) is 0 Å². The minimum Gasteiger partial charge on any atom is -0.480 e. The zero-order chi connectivity index (χ0) is 18.9. The van der Waals surface area contributed by atoms with Crippen LogP contribution in [0.15, 0.2) is 60.7 Å². The molecule has 0 saturated carbocycles. The van der Waals surface area contributed by atoms with Gasteiger partial charge in [0.05, 0.1) is 6.54 Å². The van der Waals surface area contributed by atoms with E-state index in [4.69, 9.17) is 5.11 Å². The first-order chi connectivity index (χ1) is 12.5. The first kappa shape index (κ1) is 19.5. The summed E-state index contributed by atoms with van der Waals surface area (Å²) in [6.45, 7) is 4.87. The molecule has 3 nitrogen and oxygen atoms in total. The molecule has 0 aliphatic rings. The van der Waals surface area contributed by atoms with E-state index in [1.165, 1.54) is 5.56 Å². The Labute approximate surface area is 156 Å². The lowest BCUT2D eigenvalue weighted by molar-refractivity contribution is -0.137. The Kier molecular flexibility index (Phi) is 7.20. The Morgan fingerprint density at radius 2 is 1.77 bits per heavy atom. The fourth-order valence-corrected chi connectivity index (χ4v) is 2.49. The van der Waals surface area contributed by atoms with Crippen molar-refractivity contribution in [2.24, 2.45) is 0 Å². The van der Waals surface area contributed by atoms with Gasteiger partial charge < -0.3 is 5.11 Å². The molecular weight excluding hydrogens is 322 g/mol. The molecule has 0 amide bonds. The summed E-state index contributed by atoms with van der Waals surface area (Å²) < 4.78 is 0. The zero-order valence-electron chi connectivity index (χ0n) is 15.6. The summed E-state index contributed by atoms with van der Waals surface area (Å²) in [5.41, 5.74) is 4.19. The first-order valence-corrected chi connectivity index (χ1v) is 8.73. The lowest BCUT2D eigenvalue weighted by Crippen LogP contribution is -2.25. The molecule has 0 atom stereocenters. The molecule has 0 unspecified atom stereocenters. The predicted octanol–water partition coefficient (Wildman–Crippen LogP) is 4.26. The molecule has 2 aromatic carbocycles. The van der Waals surface area contributed by atoms with Crippen molar-refractivity contribution in [2.75, 3.05) is 20.1 Å². The lowest BCUT2D eigenvalue weighted by Gasteiger charge is -2.11. The van der Waals surface area contributed by atoms with Crippen LogP contribution in [0, 0.1) is 11.8 Å². The molecule has 2 rings (SSSR count). The van der Waals surface area contributed by atoms with Crippen molar-refractivity contribution >= 4 is 11.5 Å². The Hall–Kier alpha value is -2.83. The number of hydrogen-bond donors (Lipinski definition) is 1. The molecular formula is C23H25NO2. The van der Waals surface area contributed by atoms with E-state index < -0.39 is 5.97 Å². The van der Waals surface area contributed by atoms with Crippen LogP contribution in [0.1, 0.15) is 36.5 Å². The quantitative estimate of drug-likeness (QED) is 0.794. The average Bonchev–Trinajstić information content (AvgIpc) is 2.62. The van der Waals surface area contributed by atoms with E-state index in [-0.39, 0.29) is 6.54 Å². The normalized spacial score (nSPS) is 11.3. The summed E-state index contributed by atoms with van der Waals surface area (Å²) in [7, 11) is 1.78. The second-order valence-electron chi connectivity index (χ2n) is 6.60. The van der Waals surface area contributed by atoms with Gasteiger partial charge in [0, 0.05) is 17.7 Å². The largest absolute Gasteiger partial charge is 0.480 e. The van der Waals surface area contributed by atoms with Crippen molar-refractivity contribution in [3.63, 3.8) is 0 Å². The maximum atomic E-state index is 10.8. The molecule has 0 spiro atoms. The second kappa shape index (κ2) is 9.60. The van der Waals surface area contributed by atoms with Gasteiger partial charge in [-0.3, -0.25) is 9.69 Å². The van der Waals surface area contributed by atoms with Crippen molar-refractivity contribution in [1.29, 1.82) is 0 Å². The van der Waals surface area contributed by atoms with Crippen LogP contribution < -0.4 is 0 Å². The maximum absolute atomic E-state index is 10.8. The zero-order valence-corrected chi connectivity index (χ0v) is 15.6. The monoisotopic (exact) mass is 347 g/mol. The summed E-state index contributed by atoms with van der Waals surface area (Å²) in [6, 6.07) is 18.3. The third kappa shape index (κ3) is 6.23. The Balaban J connectivity index is 2.23. The highest BCUT2D eigenvalue weighted by molar-refractivity contribution is 5.79. The minimum atomic E-state index is -0.835. The van der Waals surface area contributed by atoms with Crippen LogP contribution in [-0.2, 0) is 4.79 Å². The van der Waals surface area contributed by atoms with Crippen LogP contribution >= 0.6 is 0 Å². The van der Waals surface area contributed by atoms with Gasteiger partial charge in [-0.2, -0.15) is 0 Å². The van der Waals surface area contributed by atoms with Crippen LogP contribution in [-0.4, -0.2) is 36.1 Å². The number of nitrogens with zero attached hydrogens (tertiary/aromatic N) is 1. The van der Waals surface area contributed by atoms with E-state index in [2.05, 4.69) is 37.8 Å². The van der Waals surface area contributed by atoms with E-state index in [0.717, 1.165) is 16.7 Å². The molecule has 3 heteroatoms. The van der Waals surface area contributed by atoms with Gasteiger partial charge in [-0.05, 0) is 36.2 Å². The number of allylic oxidation sites excluding steroid dienone is 1. The van der Waals surface area contributed by atoms with Gasteiger partial charge in [-0.25, -0.2) is 0 Å². The molecule has 0 bridgehead atoms. The van der Waals surface area contributed by atoms with E-state index in [1.54, 1.807) is 11.9 Å². The Morgan fingerprint density at radius 3 is 2.35 bits per heavy atom. The van der Waals surface area contributed by atoms with Crippen molar-refractivity contribution in [1.82, 2.24) is 4.90 Å². The minimum absolute atomic E-state index is 0.00264. The average molecular weight is 347 g/mol. The van der Waals surface area contributed by atoms with Crippen LogP contribution in [0.5, 0.6) is 0 Å². The number of rotatable bonds is 6. The molecule has 1 N–H and O–H groups in total. The molecule has 0 aliphatic heterocycles. The third-order valence-corrected chi connectivity index (χ3v) is 4.02. The molecule has 0 heterocycles. The Bertz CT molecular complexity index is 809. The number of aliphatic carboxylic acids is 1. The summed E-state index contributed by atoms with van der Waals surface area (Å²) in [4.78, 5) is 12.6. The highest BCUT2D eigenvalue weighted by Crippen LogP contribution is 2.16. The number of benzene rings is 2. The third-order valence-electron chi connectivity index (χ3n) is 4.02. The first-order valence-electron chi connectivity index (χ1n) is 8.73. The molecule has 0 radical (unpaired) electrons. The topological polar surface area (TPSA) is 40.5 Å². The van der Waals surface area contributed by atoms with Gasteiger partial charge in [-0.15, -0.1) is 0 Å². The van der Waals surface area contributed by atoms with Gasteiger partial charge >= 0.3 is 5.97 Å². The van der Waals surface area contributed by atoms with Gasteiger partial charge in [0.2, 0.25) is 0 Å². The summed E-state index contributed by atoms with van der Waals surface area (Å²) in [6.07, 6.45) is 1.98. The molecule has 134 valence electrons. The summed E-state index contributed by atoms with van der Waals surface area (Å²) in [5.74, 6) is 6.13. The van der Waals surface area contributed by atoms with E-state index in [1.807, 2.05) is 48.5 Å². The molecule has 0 aromatic heterocycles. The predicted molar refractivity (Wildman–Crippen MR) is 107 cm³/mol. The van der Waals surface area contributed by atoms with Crippen LogP contribution in [0.3, 0.4) is 0 Å². The van der Waals surface area contributed by atoms with E-state index in [0.29, 0.717) is 12.5 Å². The van der Waals surface area contributed by atoms with Crippen LogP contribution in [0.25, 0.3) is 5.57 Å². The van der Waals surface area contributed by atoms with Gasteiger partial charge in [0.25, 0.3) is 0 Å².